The molecule has 0 aromatic carbocycles. The van der Waals surface area contributed by atoms with E-state index in [1.54, 1.807) is 19.1 Å². The van der Waals surface area contributed by atoms with Gasteiger partial charge in [0.15, 0.2) is 0 Å². The second-order valence-corrected chi connectivity index (χ2v) is 5.38. The highest BCUT2D eigenvalue weighted by Gasteiger charge is 2.60. The zero-order valence-corrected chi connectivity index (χ0v) is 10.3. The summed E-state index contributed by atoms with van der Waals surface area (Å²) in [5.41, 5.74) is -0.398. The molecule has 1 amide bonds. The number of likely N-dealkylation sites (tertiary alicyclic amines) is 1. The third kappa shape index (κ3) is 1.02. The van der Waals surface area contributed by atoms with Crippen LogP contribution in [-0.4, -0.2) is 35.6 Å². The van der Waals surface area contributed by atoms with Crippen molar-refractivity contribution in [2.24, 2.45) is 17.8 Å². The van der Waals surface area contributed by atoms with Crippen molar-refractivity contribution in [2.75, 3.05) is 14.2 Å². The Kier molecular flexibility index (Phi) is 2.04. The zero-order chi connectivity index (χ0) is 11.5. The molecule has 86 valence electrons. The summed E-state index contributed by atoms with van der Waals surface area (Å²) in [6.07, 6.45) is 6.29. The molecule has 1 heterocycles. The molecular formula is C12H15NO2S. The lowest BCUT2D eigenvalue weighted by molar-refractivity contribution is -0.143. The number of hydrogen-bond donors (Lipinski definition) is 0. The topological polar surface area (TPSA) is 29.5 Å². The predicted octanol–water partition coefficient (Wildman–Crippen LogP) is 1.38. The minimum Gasteiger partial charge on any atom is -0.373 e. The second kappa shape index (κ2) is 3.14. The Morgan fingerprint density at radius 2 is 2.38 bits per heavy atom. The van der Waals surface area contributed by atoms with Crippen LogP contribution in [0.15, 0.2) is 12.2 Å². The van der Waals surface area contributed by atoms with Crippen molar-refractivity contribution >= 4 is 23.1 Å². The van der Waals surface area contributed by atoms with E-state index in [4.69, 9.17) is 17.0 Å². The summed E-state index contributed by atoms with van der Waals surface area (Å²) in [4.78, 5) is 14.7. The third-order valence-corrected chi connectivity index (χ3v) is 4.98. The number of ether oxygens (including phenoxy) is 1. The Hall–Kier alpha value is -0.740. The van der Waals surface area contributed by atoms with Crippen molar-refractivity contribution in [1.29, 1.82) is 0 Å². The number of rotatable bonds is 1. The van der Waals surface area contributed by atoms with Gasteiger partial charge in [0, 0.05) is 20.1 Å². The lowest BCUT2D eigenvalue weighted by atomic mass is 9.61. The average Bonchev–Trinajstić information content (AvgIpc) is 2.58. The minimum atomic E-state index is -0.398. The molecule has 4 atom stereocenters. The molecule has 2 fully saturated rings. The SMILES string of the molecule is CO[C@@]12C=C[C@@H](CC1)[C@@H]1C(=S)N(C)C(=O)[C@@H]12. The number of thiocarbonyl (C=S) groups is 1. The molecule has 0 radical (unpaired) electrons. The first-order valence-electron chi connectivity index (χ1n) is 5.66. The van der Waals surface area contributed by atoms with E-state index in [1.165, 1.54) is 0 Å². The van der Waals surface area contributed by atoms with Crippen LogP contribution in [0.2, 0.25) is 0 Å². The van der Waals surface area contributed by atoms with E-state index in [0.29, 0.717) is 5.92 Å². The van der Waals surface area contributed by atoms with Gasteiger partial charge in [0.2, 0.25) is 5.91 Å². The van der Waals surface area contributed by atoms with Crippen molar-refractivity contribution in [1.82, 2.24) is 4.90 Å². The summed E-state index contributed by atoms with van der Waals surface area (Å²) in [5, 5.41) is 0. The fourth-order valence-electron chi connectivity index (χ4n) is 3.49. The number of allylic oxidation sites excluding steroid dienone is 1. The lowest BCUT2D eigenvalue weighted by Crippen LogP contribution is -2.52. The molecule has 16 heavy (non-hydrogen) atoms. The van der Waals surface area contributed by atoms with Gasteiger partial charge in [-0.2, -0.15) is 0 Å². The monoisotopic (exact) mass is 237 g/mol. The van der Waals surface area contributed by atoms with Crippen molar-refractivity contribution in [2.45, 2.75) is 18.4 Å². The van der Waals surface area contributed by atoms with Gasteiger partial charge in [0.05, 0.1) is 16.5 Å². The quantitative estimate of drug-likeness (QED) is 0.510. The Balaban J connectivity index is 2.12. The maximum absolute atomic E-state index is 12.2. The summed E-state index contributed by atoms with van der Waals surface area (Å²) in [6, 6.07) is 0. The average molecular weight is 237 g/mol. The molecule has 4 heteroatoms. The molecule has 1 saturated heterocycles. The third-order valence-electron chi connectivity index (χ3n) is 4.43. The number of methoxy groups -OCH3 is 1. The van der Waals surface area contributed by atoms with Crippen LogP contribution in [0, 0.1) is 17.8 Å². The summed E-state index contributed by atoms with van der Waals surface area (Å²) in [7, 11) is 3.48. The Labute approximate surface area is 100 Å². The molecule has 4 aliphatic rings. The molecule has 0 aromatic heterocycles. The number of nitrogens with zero attached hydrogens (tertiary/aromatic N) is 1. The van der Waals surface area contributed by atoms with Crippen LogP contribution >= 0.6 is 12.2 Å². The van der Waals surface area contributed by atoms with E-state index in [-0.39, 0.29) is 17.7 Å². The van der Waals surface area contributed by atoms with Gasteiger partial charge in [-0.3, -0.25) is 4.79 Å². The standard InChI is InChI=1S/C12H15NO2S/c1-13-10(14)9-8(11(13)16)7-3-5-12(9,15-2)6-4-7/h3,5,7-9H,4,6H2,1-2H3/t7-,8-,9+,12-/m0/s1. The Bertz CT molecular complexity index is 406. The molecule has 0 spiro atoms. The first-order valence-corrected chi connectivity index (χ1v) is 6.07. The molecule has 1 saturated carbocycles. The van der Waals surface area contributed by atoms with E-state index >= 15 is 0 Å². The van der Waals surface area contributed by atoms with Crippen molar-refractivity contribution in [3.8, 4) is 0 Å². The fourth-order valence-corrected chi connectivity index (χ4v) is 3.89. The summed E-state index contributed by atoms with van der Waals surface area (Å²) >= 11 is 5.39. The highest BCUT2D eigenvalue weighted by atomic mass is 32.1. The van der Waals surface area contributed by atoms with Gasteiger partial charge in [-0.25, -0.2) is 0 Å². The molecule has 2 bridgehead atoms. The first-order chi connectivity index (χ1) is 7.60. The number of amides is 1. The van der Waals surface area contributed by atoms with Gasteiger partial charge in [-0.15, -0.1) is 0 Å². The summed E-state index contributed by atoms with van der Waals surface area (Å²) < 4.78 is 5.65. The van der Waals surface area contributed by atoms with Crippen LogP contribution in [0.4, 0.5) is 0 Å². The van der Waals surface area contributed by atoms with Crippen LogP contribution in [0.5, 0.6) is 0 Å². The normalized spacial score (nSPS) is 45.4. The molecule has 3 nitrogen and oxygen atoms in total. The Morgan fingerprint density at radius 3 is 2.94 bits per heavy atom. The van der Waals surface area contributed by atoms with Gasteiger partial charge in [-0.05, 0) is 18.8 Å². The van der Waals surface area contributed by atoms with Gasteiger partial charge >= 0.3 is 0 Å². The van der Waals surface area contributed by atoms with Gasteiger partial charge in [0.25, 0.3) is 0 Å². The van der Waals surface area contributed by atoms with Crippen molar-refractivity contribution < 1.29 is 9.53 Å². The maximum Gasteiger partial charge on any atom is 0.234 e. The highest BCUT2D eigenvalue weighted by molar-refractivity contribution is 7.80. The van der Waals surface area contributed by atoms with Crippen molar-refractivity contribution in [3.05, 3.63) is 12.2 Å². The molecule has 1 aliphatic heterocycles. The highest BCUT2D eigenvalue weighted by Crippen LogP contribution is 2.53. The number of carbonyl (C=O) groups excluding carboxylic acids is 1. The molecule has 0 aromatic rings. The van der Waals surface area contributed by atoms with Gasteiger partial charge < -0.3 is 9.64 Å². The molecular weight excluding hydrogens is 222 g/mol. The maximum atomic E-state index is 12.2. The minimum absolute atomic E-state index is 0.0845. The molecule has 4 rings (SSSR count). The Morgan fingerprint density at radius 1 is 1.62 bits per heavy atom. The van der Waals surface area contributed by atoms with Crippen LogP contribution in [-0.2, 0) is 9.53 Å². The smallest absolute Gasteiger partial charge is 0.234 e. The molecule has 0 N–H and O–H groups in total. The van der Waals surface area contributed by atoms with Crippen LogP contribution in [0.3, 0.4) is 0 Å². The van der Waals surface area contributed by atoms with Crippen LogP contribution < -0.4 is 0 Å². The van der Waals surface area contributed by atoms with E-state index in [2.05, 4.69) is 12.2 Å². The fraction of sp³-hybridized carbons (Fsp3) is 0.667. The van der Waals surface area contributed by atoms with Crippen LogP contribution in [0.1, 0.15) is 12.8 Å². The van der Waals surface area contributed by atoms with E-state index < -0.39 is 5.60 Å². The van der Waals surface area contributed by atoms with Gasteiger partial charge in [0.1, 0.15) is 0 Å². The van der Waals surface area contributed by atoms with E-state index in [1.807, 2.05) is 0 Å². The van der Waals surface area contributed by atoms with Crippen molar-refractivity contribution in [3.63, 3.8) is 0 Å². The van der Waals surface area contributed by atoms with E-state index in [9.17, 15) is 4.79 Å². The summed E-state index contributed by atoms with van der Waals surface area (Å²) in [6.45, 7) is 0. The molecule has 3 aliphatic carbocycles. The molecule has 0 unspecified atom stereocenters. The summed E-state index contributed by atoms with van der Waals surface area (Å²) in [5.74, 6) is 0.666. The zero-order valence-electron chi connectivity index (χ0n) is 9.47. The lowest BCUT2D eigenvalue weighted by Gasteiger charge is -2.47. The second-order valence-electron chi connectivity index (χ2n) is 4.96. The number of fused-ring (bicyclic) bond motifs is 1. The van der Waals surface area contributed by atoms with Crippen LogP contribution in [0.25, 0.3) is 0 Å². The first kappa shape index (κ1) is 10.4. The van der Waals surface area contributed by atoms with Gasteiger partial charge in [-0.1, -0.05) is 24.4 Å². The number of carbonyl (C=O) groups is 1. The largest absolute Gasteiger partial charge is 0.373 e. The predicted molar refractivity (Wildman–Crippen MR) is 64.0 cm³/mol. The number of hydrogen-bond acceptors (Lipinski definition) is 3. The van der Waals surface area contributed by atoms with E-state index in [0.717, 1.165) is 17.8 Å².